The first-order chi connectivity index (χ1) is 8.20. The van der Waals surface area contributed by atoms with Gasteiger partial charge in [0.15, 0.2) is 5.69 Å². The molecule has 1 rings (SSSR count). The van der Waals surface area contributed by atoms with Gasteiger partial charge >= 0.3 is 6.18 Å². The maximum absolute atomic E-state index is 12.5. The van der Waals surface area contributed by atoms with Crippen molar-refractivity contribution in [3.8, 4) is 0 Å². The summed E-state index contributed by atoms with van der Waals surface area (Å²) in [7, 11) is 1.57. The first-order valence-electron chi connectivity index (χ1n) is 5.31. The second kappa shape index (κ2) is 5.38. The Morgan fingerprint density at radius 2 is 2.06 bits per heavy atom. The lowest BCUT2D eigenvalue weighted by molar-refractivity contribution is -0.141. The zero-order valence-corrected chi connectivity index (χ0v) is 10.1. The van der Waals surface area contributed by atoms with Crippen molar-refractivity contribution >= 4 is 11.8 Å². The Morgan fingerprint density at radius 3 is 2.56 bits per heavy atom. The van der Waals surface area contributed by atoms with Crippen molar-refractivity contribution in [1.82, 2.24) is 9.97 Å². The van der Waals surface area contributed by atoms with Crippen LogP contribution in [0.25, 0.3) is 0 Å². The molecule has 0 aromatic carbocycles. The number of anilines is 2. The van der Waals surface area contributed by atoms with Crippen LogP contribution in [0.2, 0.25) is 0 Å². The topological polar surface area (TPSA) is 75.3 Å². The van der Waals surface area contributed by atoms with Crippen LogP contribution in [0, 0.1) is 0 Å². The number of aliphatic hydroxyl groups excluding tert-OH is 1. The van der Waals surface area contributed by atoms with E-state index in [0.717, 1.165) is 6.07 Å². The molecule has 1 heterocycles. The fraction of sp³-hybridized carbons (Fsp3) is 0.600. The van der Waals surface area contributed by atoms with E-state index in [-0.39, 0.29) is 5.82 Å². The molecule has 18 heavy (non-hydrogen) atoms. The molecule has 8 heteroatoms. The maximum atomic E-state index is 12.5. The van der Waals surface area contributed by atoms with E-state index in [4.69, 9.17) is 10.8 Å². The highest BCUT2D eigenvalue weighted by Gasteiger charge is 2.33. The van der Waals surface area contributed by atoms with Crippen LogP contribution in [-0.4, -0.2) is 34.8 Å². The molecule has 1 aromatic rings. The minimum absolute atomic E-state index is 0.0791. The van der Waals surface area contributed by atoms with Crippen LogP contribution in [-0.2, 0) is 6.18 Å². The van der Waals surface area contributed by atoms with Gasteiger partial charge in [-0.15, -0.1) is 0 Å². The van der Waals surface area contributed by atoms with Crippen molar-refractivity contribution < 1.29 is 18.3 Å². The van der Waals surface area contributed by atoms with Crippen LogP contribution in [0.4, 0.5) is 24.9 Å². The largest absolute Gasteiger partial charge is 0.433 e. The Morgan fingerprint density at radius 1 is 1.44 bits per heavy atom. The molecule has 1 atom stereocenters. The van der Waals surface area contributed by atoms with Gasteiger partial charge in [0.25, 0.3) is 0 Å². The Kier molecular flexibility index (Phi) is 4.33. The Labute approximate surface area is 102 Å². The summed E-state index contributed by atoms with van der Waals surface area (Å²) in [5, 5.41) is 9.12. The van der Waals surface area contributed by atoms with Gasteiger partial charge in [0.2, 0.25) is 5.95 Å². The number of rotatable bonds is 4. The molecule has 0 fully saturated rings. The van der Waals surface area contributed by atoms with Crippen LogP contribution in [0.5, 0.6) is 0 Å². The molecule has 0 aliphatic carbocycles. The molecule has 0 saturated carbocycles. The summed E-state index contributed by atoms with van der Waals surface area (Å²) < 4.78 is 37.6. The minimum atomic E-state index is -4.56. The fourth-order valence-electron chi connectivity index (χ4n) is 1.29. The van der Waals surface area contributed by atoms with Crippen LogP contribution in [0.1, 0.15) is 19.0 Å². The second-order valence-electron chi connectivity index (χ2n) is 4.03. The Bertz CT molecular complexity index is 409. The van der Waals surface area contributed by atoms with Gasteiger partial charge in [0.1, 0.15) is 5.82 Å². The first-order valence-corrected chi connectivity index (χ1v) is 5.31. The summed E-state index contributed by atoms with van der Waals surface area (Å²) >= 11 is 0. The van der Waals surface area contributed by atoms with Gasteiger partial charge in [-0.3, -0.25) is 0 Å². The molecule has 5 nitrogen and oxygen atoms in total. The van der Waals surface area contributed by atoms with Gasteiger partial charge < -0.3 is 15.7 Å². The lowest BCUT2D eigenvalue weighted by Crippen LogP contribution is -2.24. The van der Waals surface area contributed by atoms with Gasteiger partial charge in [0.05, 0.1) is 6.10 Å². The Balaban J connectivity index is 2.92. The monoisotopic (exact) mass is 264 g/mol. The maximum Gasteiger partial charge on any atom is 0.433 e. The normalized spacial score (nSPS) is 13.4. The van der Waals surface area contributed by atoms with E-state index < -0.39 is 23.9 Å². The summed E-state index contributed by atoms with van der Waals surface area (Å²) in [6, 6.07) is 0.832. The first kappa shape index (κ1) is 14.5. The highest BCUT2D eigenvalue weighted by atomic mass is 19.4. The van der Waals surface area contributed by atoms with Crippen molar-refractivity contribution in [2.24, 2.45) is 0 Å². The number of alkyl halides is 3. The molecule has 0 aliphatic rings. The molecule has 0 spiro atoms. The average Bonchev–Trinajstić information content (AvgIpc) is 2.23. The number of aromatic nitrogens is 2. The number of hydrogen-bond acceptors (Lipinski definition) is 5. The number of aliphatic hydroxyl groups is 1. The average molecular weight is 264 g/mol. The summed E-state index contributed by atoms with van der Waals surface area (Å²) in [5.74, 6) is -0.348. The molecule has 3 N–H and O–H groups in total. The van der Waals surface area contributed by atoms with Crippen molar-refractivity contribution in [2.75, 3.05) is 24.2 Å². The molecule has 0 bridgehead atoms. The van der Waals surface area contributed by atoms with Crippen molar-refractivity contribution in [3.63, 3.8) is 0 Å². The van der Waals surface area contributed by atoms with Gasteiger partial charge in [0, 0.05) is 19.7 Å². The highest BCUT2D eigenvalue weighted by Crippen LogP contribution is 2.29. The number of nitrogen functional groups attached to an aromatic ring is 1. The van der Waals surface area contributed by atoms with Gasteiger partial charge in [-0.25, -0.2) is 4.98 Å². The predicted molar refractivity (Wildman–Crippen MR) is 61.0 cm³/mol. The van der Waals surface area contributed by atoms with E-state index in [1.165, 1.54) is 4.90 Å². The lowest BCUT2D eigenvalue weighted by atomic mass is 10.2. The van der Waals surface area contributed by atoms with Crippen LogP contribution >= 0.6 is 0 Å². The third kappa shape index (κ3) is 4.02. The summed E-state index contributed by atoms with van der Waals surface area (Å²) in [6.07, 6.45) is -4.67. The van der Waals surface area contributed by atoms with Gasteiger partial charge in [-0.1, -0.05) is 0 Å². The molecular formula is C10H15F3N4O. The highest BCUT2D eigenvalue weighted by molar-refractivity contribution is 5.43. The molecular weight excluding hydrogens is 249 g/mol. The number of nitrogens with two attached hydrogens (primary N) is 1. The molecule has 0 radical (unpaired) electrons. The standard InChI is InChI=1S/C10H15F3N4O/c1-6(18)3-4-17(2)8-5-7(10(11,12)13)15-9(14)16-8/h5-6,18H,3-4H2,1-2H3,(H2,14,15,16). The summed E-state index contributed by atoms with van der Waals surface area (Å²) in [4.78, 5) is 8.37. The molecule has 1 aromatic heterocycles. The van der Waals surface area contributed by atoms with E-state index in [9.17, 15) is 13.2 Å². The summed E-state index contributed by atoms with van der Waals surface area (Å²) in [5.41, 5.74) is 4.18. The Hall–Kier alpha value is -1.57. The second-order valence-corrected chi connectivity index (χ2v) is 4.03. The third-order valence-electron chi connectivity index (χ3n) is 2.29. The van der Waals surface area contributed by atoms with E-state index in [1.54, 1.807) is 14.0 Å². The predicted octanol–water partition coefficient (Wildman–Crippen LogP) is 1.28. The van der Waals surface area contributed by atoms with Crippen molar-refractivity contribution in [2.45, 2.75) is 25.6 Å². The van der Waals surface area contributed by atoms with Crippen molar-refractivity contribution in [1.29, 1.82) is 0 Å². The molecule has 1 unspecified atom stereocenters. The van der Waals surface area contributed by atoms with Crippen LogP contribution < -0.4 is 10.6 Å². The fourth-order valence-corrected chi connectivity index (χ4v) is 1.29. The van der Waals surface area contributed by atoms with Crippen LogP contribution in [0.3, 0.4) is 0 Å². The lowest BCUT2D eigenvalue weighted by Gasteiger charge is -2.20. The van der Waals surface area contributed by atoms with Gasteiger partial charge in [-0.2, -0.15) is 18.2 Å². The van der Waals surface area contributed by atoms with E-state index in [2.05, 4.69) is 9.97 Å². The minimum Gasteiger partial charge on any atom is -0.393 e. The van der Waals surface area contributed by atoms with E-state index >= 15 is 0 Å². The van der Waals surface area contributed by atoms with Gasteiger partial charge in [-0.05, 0) is 13.3 Å². The SMILES string of the molecule is CC(O)CCN(C)c1cc(C(F)(F)F)nc(N)n1. The molecule has 0 amide bonds. The number of hydrogen-bond donors (Lipinski definition) is 2. The number of nitrogens with zero attached hydrogens (tertiary/aromatic N) is 3. The molecule has 0 aliphatic heterocycles. The quantitative estimate of drug-likeness (QED) is 0.857. The van der Waals surface area contributed by atoms with Crippen LogP contribution in [0.15, 0.2) is 6.07 Å². The molecule has 102 valence electrons. The zero-order valence-electron chi connectivity index (χ0n) is 10.1. The van der Waals surface area contributed by atoms with E-state index in [1.807, 2.05) is 0 Å². The van der Waals surface area contributed by atoms with E-state index in [0.29, 0.717) is 13.0 Å². The number of halogens is 3. The third-order valence-corrected chi connectivity index (χ3v) is 2.29. The molecule has 0 saturated heterocycles. The summed E-state index contributed by atoms with van der Waals surface area (Å²) in [6.45, 7) is 1.97. The smallest absolute Gasteiger partial charge is 0.393 e. The zero-order chi connectivity index (χ0) is 13.9. The van der Waals surface area contributed by atoms with Crippen molar-refractivity contribution in [3.05, 3.63) is 11.8 Å².